The van der Waals surface area contributed by atoms with Crippen molar-refractivity contribution in [2.45, 2.75) is 5.92 Å². The molecule has 1 aliphatic rings. The van der Waals surface area contributed by atoms with Crippen molar-refractivity contribution >= 4 is 49.9 Å². The highest BCUT2D eigenvalue weighted by molar-refractivity contribution is 9.11. The molecule has 140 valence electrons. The number of hydrazone groups is 1. The number of aromatic hydroxyl groups is 2. The Hall–Kier alpha value is -2.39. The van der Waals surface area contributed by atoms with Gasteiger partial charge < -0.3 is 15.5 Å². The molecule has 0 bridgehead atoms. The largest absolute Gasteiger partial charge is 0.506 e. The van der Waals surface area contributed by atoms with Crippen molar-refractivity contribution in [3.63, 3.8) is 0 Å². The van der Waals surface area contributed by atoms with Crippen LogP contribution in [-0.4, -0.2) is 34.8 Å². The van der Waals surface area contributed by atoms with Crippen LogP contribution in [0.15, 0.2) is 50.4 Å². The Morgan fingerprint density at radius 3 is 2.63 bits per heavy atom. The lowest BCUT2D eigenvalue weighted by Gasteiger charge is -2.15. The van der Waals surface area contributed by atoms with Gasteiger partial charge in [-0.2, -0.15) is 5.10 Å². The molecular formula is C18H15Br2N3O4. The Bertz CT molecular complexity index is 919. The number of phenols is 2. The number of carbonyl (C=O) groups is 2. The van der Waals surface area contributed by atoms with E-state index in [0.29, 0.717) is 11.0 Å². The van der Waals surface area contributed by atoms with Crippen molar-refractivity contribution in [3.05, 3.63) is 56.5 Å². The second kappa shape index (κ2) is 8.10. The minimum atomic E-state index is -0.892. The molecule has 3 rings (SSSR count). The Morgan fingerprint density at radius 1 is 1.22 bits per heavy atom. The van der Waals surface area contributed by atoms with E-state index in [2.05, 4.69) is 47.7 Å². The second-order valence-corrected chi connectivity index (χ2v) is 7.58. The van der Waals surface area contributed by atoms with E-state index in [-0.39, 0.29) is 33.4 Å². The molecule has 1 heterocycles. The lowest BCUT2D eigenvalue weighted by molar-refractivity contribution is -0.133. The molecule has 4 N–H and O–H groups in total. The maximum absolute atomic E-state index is 12.5. The molecule has 27 heavy (non-hydrogen) atoms. The molecule has 0 aliphatic carbocycles. The highest BCUT2D eigenvalue weighted by Crippen LogP contribution is 2.40. The quantitative estimate of drug-likeness (QED) is 0.296. The number of hydrogen-bond donors (Lipinski definition) is 4. The molecule has 2 aromatic rings. The maximum atomic E-state index is 12.5. The molecule has 9 heteroatoms. The summed E-state index contributed by atoms with van der Waals surface area (Å²) < 4.78 is 0.447. The summed E-state index contributed by atoms with van der Waals surface area (Å²) in [5.41, 5.74) is 3.51. The van der Waals surface area contributed by atoms with Crippen LogP contribution in [0.5, 0.6) is 11.5 Å². The minimum Gasteiger partial charge on any atom is -0.506 e. The number of benzene rings is 2. The molecule has 2 atom stereocenters. The Labute approximate surface area is 171 Å². The summed E-state index contributed by atoms with van der Waals surface area (Å²) in [4.78, 5) is 24.6. The molecule has 1 aliphatic heterocycles. The number of halogens is 2. The van der Waals surface area contributed by atoms with E-state index in [4.69, 9.17) is 0 Å². The average molecular weight is 497 g/mol. The number of carbonyl (C=O) groups excluding carboxylic acids is 2. The zero-order chi connectivity index (χ0) is 19.6. The van der Waals surface area contributed by atoms with Crippen molar-refractivity contribution < 1.29 is 19.8 Å². The van der Waals surface area contributed by atoms with Crippen molar-refractivity contribution in [1.29, 1.82) is 0 Å². The SMILES string of the molecule is O=C1NC[C@@H](c2ccccc2)[C@@H]1C(=O)N/N=C/c1cc(Br)c(O)c(Br)c1O. The fourth-order valence-electron chi connectivity index (χ4n) is 2.88. The van der Waals surface area contributed by atoms with E-state index >= 15 is 0 Å². The third kappa shape index (κ3) is 3.98. The van der Waals surface area contributed by atoms with E-state index in [1.165, 1.54) is 12.3 Å². The van der Waals surface area contributed by atoms with E-state index in [1.54, 1.807) is 0 Å². The second-order valence-electron chi connectivity index (χ2n) is 5.93. The van der Waals surface area contributed by atoms with Crippen LogP contribution in [-0.2, 0) is 9.59 Å². The first-order valence-corrected chi connectivity index (χ1v) is 9.54. The van der Waals surface area contributed by atoms with Gasteiger partial charge in [-0.1, -0.05) is 30.3 Å². The summed E-state index contributed by atoms with van der Waals surface area (Å²) in [5, 5.41) is 26.3. The predicted octanol–water partition coefficient (Wildman–Crippen LogP) is 2.60. The van der Waals surface area contributed by atoms with Gasteiger partial charge in [0.2, 0.25) is 5.91 Å². The summed E-state index contributed by atoms with van der Waals surface area (Å²) in [7, 11) is 0. The van der Waals surface area contributed by atoms with Crippen LogP contribution < -0.4 is 10.7 Å². The number of amides is 2. The minimum absolute atomic E-state index is 0.101. The smallest absolute Gasteiger partial charge is 0.253 e. The first kappa shape index (κ1) is 19.4. The molecule has 0 unspecified atom stereocenters. The van der Waals surface area contributed by atoms with Crippen LogP contribution >= 0.6 is 31.9 Å². The highest BCUT2D eigenvalue weighted by atomic mass is 79.9. The molecule has 0 spiro atoms. The molecule has 0 radical (unpaired) electrons. The molecule has 0 saturated carbocycles. The fraction of sp³-hybridized carbons (Fsp3) is 0.167. The Morgan fingerprint density at radius 2 is 1.93 bits per heavy atom. The molecule has 1 fully saturated rings. The third-order valence-electron chi connectivity index (χ3n) is 4.27. The third-order valence-corrected chi connectivity index (χ3v) is 5.62. The average Bonchev–Trinajstić information content (AvgIpc) is 3.06. The summed E-state index contributed by atoms with van der Waals surface area (Å²) in [6, 6.07) is 10.8. The van der Waals surface area contributed by atoms with Gasteiger partial charge in [0.25, 0.3) is 5.91 Å². The summed E-state index contributed by atoms with van der Waals surface area (Å²) in [6.07, 6.45) is 1.23. The van der Waals surface area contributed by atoms with Gasteiger partial charge in [-0.25, -0.2) is 5.43 Å². The van der Waals surface area contributed by atoms with Gasteiger partial charge in [0.1, 0.15) is 21.9 Å². The van der Waals surface area contributed by atoms with Gasteiger partial charge in [0.15, 0.2) is 0 Å². The molecule has 7 nitrogen and oxygen atoms in total. The van der Waals surface area contributed by atoms with Gasteiger partial charge in [0.05, 0.1) is 10.7 Å². The number of rotatable bonds is 4. The van der Waals surface area contributed by atoms with Crippen molar-refractivity contribution in [2.24, 2.45) is 11.0 Å². The van der Waals surface area contributed by atoms with Gasteiger partial charge in [-0.15, -0.1) is 0 Å². The van der Waals surface area contributed by atoms with Crippen LogP contribution in [0.2, 0.25) is 0 Å². The highest BCUT2D eigenvalue weighted by Gasteiger charge is 2.40. The van der Waals surface area contributed by atoms with E-state index in [0.717, 1.165) is 5.56 Å². The first-order chi connectivity index (χ1) is 12.9. The van der Waals surface area contributed by atoms with Crippen molar-refractivity contribution in [1.82, 2.24) is 10.7 Å². The van der Waals surface area contributed by atoms with E-state index in [9.17, 15) is 19.8 Å². The zero-order valence-corrected chi connectivity index (χ0v) is 17.0. The predicted molar refractivity (Wildman–Crippen MR) is 107 cm³/mol. The molecule has 2 aromatic carbocycles. The van der Waals surface area contributed by atoms with Crippen LogP contribution in [0.4, 0.5) is 0 Å². The van der Waals surface area contributed by atoms with Crippen LogP contribution in [0.25, 0.3) is 0 Å². The Kier molecular flexibility index (Phi) is 5.81. The van der Waals surface area contributed by atoms with Gasteiger partial charge in [0, 0.05) is 18.0 Å². The lowest BCUT2D eigenvalue weighted by Crippen LogP contribution is -2.34. The fourth-order valence-corrected chi connectivity index (χ4v) is 4.04. The maximum Gasteiger partial charge on any atom is 0.253 e. The number of phenolic OH excluding ortho intramolecular Hbond substituents is 2. The van der Waals surface area contributed by atoms with E-state index in [1.807, 2.05) is 30.3 Å². The van der Waals surface area contributed by atoms with Crippen molar-refractivity contribution in [3.8, 4) is 11.5 Å². The van der Waals surface area contributed by atoms with Crippen LogP contribution in [0.3, 0.4) is 0 Å². The summed E-state index contributed by atoms with van der Waals surface area (Å²) in [6.45, 7) is 0.378. The van der Waals surface area contributed by atoms with Crippen molar-refractivity contribution in [2.75, 3.05) is 6.54 Å². The van der Waals surface area contributed by atoms with Crippen LogP contribution in [0, 0.1) is 5.92 Å². The zero-order valence-electron chi connectivity index (χ0n) is 13.8. The normalized spacial score (nSPS) is 19.3. The standard InChI is InChI=1S/C18H15Br2N3O4/c19-12-6-10(15(24)14(20)16(12)25)7-22-23-18(27)13-11(8-21-17(13)26)9-4-2-1-3-5-9/h1-7,11,13,24-25H,8H2,(H,21,26)(H,23,27)/b22-7+/t11-,13-/m0/s1. The number of nitrogens with zero attached hydrogens (tertiary/aromatic N) is 1. The molecule has 2 amide bonds. The monoisotopic (exact) mass is 495 g/mol. The van der Waals surface area contributed by atoms with Gasteiger partial charge >= 0.3 is 0 Å². The number of hydrogen-bond acceptors (Lipinski definition) is 5. The molecular weight excluding hydrogens is 482 g/mol. The van der Waals surface area contributed by atoms with Gasteiger partial charge in [-0.3, -0.25) is 9.59 Å². The first-order valence-electron chi connectivity index (χ1n) is 7.95. The Balaban J connectivity index is 1.75. The topological polar surface area (TPSA) is 111 Å². The van der Waals surface area contributed by atoms with E-state index < -0.39 is 11.8 Å². The molecule has 1 saturated heterocycles. The lowest BCUT2D eigenvalue weighted by atomic mass is 9.88. The number of nitrogens with one attached hydrogen (secondary N) is 2. The van der Waals surface area contributed by atoms with Crippen LogP contribution in [0.1, 0.15) is 17.0 Å². The van der Waals surface area contributed by atoms with Gasteiger partial charge in [-0.05, 0) is 43.5 Å². The molecule has 0 aromatic heterocycles. The summed E-state index contributed by atoms with van der Waals surface area (Å²) >= 11 is 6.22. The summed E-state index contributed by atoms with van der Waals surface area (Å²) in [5.74, 6) is -2.44.